The SMILES string of the molecule is NC(=O)N1CCCC1C(F)(F)F. The van der Waals surface area contributed by atoms with E-state index in [0.29, 0.717) is 11.3 Å². The summed E-state index contributed by atoms with van der Waals surface area (Å²) in [4.78, 5) is 11.2. The first-order chi connectivity index (χ1) is 5.43. The standard InChI is InChI=1S/C6H9F3N2O/c7-6(8,9)4-2-1-3-11(4)5(10)12/h4H,1-3H2,(H2,10,12). The van der Waals surface area contributed by atoms with Crippen molar-refractivity contribution < 1.29 is 18.0 Å². The molecule has 6 heteroatoms. The molecule has 0 radical (unpaired) electrons. The molecule has 0 spiro atoms. The molecular weight excluding hydrogens is 173 g/mol. The third-order valence-electron chi connectivity index (χ3n) is 1.91. The molecule has 70 valence electrons. The van der Waals surface area contributed by atoms with E-state index in [1.54, 1.807) is 0 Å². The molecule has 0 aromatic rings. The minimum absolute atomic E-state index is 0.0353. The summed E-state index contributed by atoms with van der Waals surface area (Å²) in [6, 6.07) is -2.66. The summed E-state index contributed by atoms with van der Waals surface area (Å²) in [5, 5.41) is 0. The van der Waals surface area contributed by atoms with Gasteiger partial charge in [0.15, 0.2) is 0 Å². The zero-order valence-corrected chi connectivity index (χ0v) is 6.27. The molecule has 1 saturated heterocycles. The van der Waals surface area contributed by atoms with Crippen LogP contribution in [0.3, 0.4) is 0 Å². The molecule has 1 atom stereocenters. The summed E-state index contributed by atoms with van der Waals surface area (Å²) in [6.45, 7) is 0.111. The highest BCUT2D eigenvalue weighted by atomic mass is 19.4. The number of hydrogen-bond acceptors (Lipinski definition) is 1. The van der Waals surface area contributed by atoms with Crippen molar-refractivity contribution in [2.75, 3.05) is 6.54 Å². The van der Waals surface area contributed by atoms with E-state index in [1.165, 1.54) is 0 Å². The van der Waals surface area contributed by atoms with Gasteiger partial charge >= 0.3 is 12.2 Å². The van der Waals surface area contributed by atoms with E-state index in [4.69, 9.17) is 5.73 Å². The van der Waals surface area contributed by atoms with Gasteiger partial charge in [-0.15, -0.1) is 0 Å². The lowest BCUT2D eigenvalue weighted by atomic mass is 10.2. The van der Waals surface area contributed by atoms with Gasteiger partial charge in [0.1, 0.15) is 6.04 Å². The van der Waals surface area contributed by atoms with E-state index >= 15 is 0 Å². The zero-order valence-electron chi connectivity index (χ0n) is 6.27. The molecule has 3 nitrogen and oxygen atoms in total. The van der Waals surface area contributed by atoms with Gasteiger partial charge in [-0.05, 0) is 12.8 Å². The Hall–Kier alpha value is -0.940. The average Bonchev–Trinajstić information content (AvgIpc) is 2.30. The normalized spacial score (nSPS) is 24.6. The van der Waals surface area contributed by atoms with Crippen LogP contribution < -0.4 is 5.73 Å². The van der Waals surface area contributed by atoms with Crippen LogP contribution in [0, 0.1) is 0 Å². The summed E-state index contributed by atoms with van der Waals surface area (Å²) in [5.74, 6) is 0. The minimum Gasteiger partial charge on any atom is -0.351 e. The highest BCUT2D eigenvalue weighted by Crippen LogP contribution is 2.32. The van der Waals surface area contributed by atoms with Crippen LogP contribution in [0.5, 0.6) is 0 Å². The smallest absolute Gasteiger partial charge is 0.351 e. The highest BCUT2D eigenvalue weighted by Gasteiger charge is 2.47. The number of likely N-dealkylation sites (tertiary alicyclic amines) is 1. The molecule has 0 aliphatic carbocycles. The van der Waals surface area contributed by atoms with Gasteiger partial charge in [-0.2, -0.15) is 13.2 Å². The van der Waals surface area contributed by atoms with E-state index in [2.05, 4.69) is 0 Å². The fourth-order valence-corrected chi connectivity index (χ4v) is 1.37. The molecule has 1 aliphatic rings. The third kappa shape index (κ3) is 1.62. The quantitative estimate of drug-likeness (QED) is 0.598. The number of halogens is 3. The Morgan fingerprint density at radius 2 is 2.08 bits per heavy atom. The fourth-order valence-electron chi connectivity index (χ4n) is 1.37. The minimum atomic E-state index is -4.34. The lowest BCUT2D eigenvalue weighted by molar-refractivity contribution is -0.168. The van der Waals surface area contributed by atoms with Crippen molar-refractivity contribution in [1.29, 1.82) is 0 Å². The molecule has 12 heavy (non-hydrogen) atoms. The van der Waals surface area contributed by atoms with Crippen molar-refractivity contribution in [1.82, 2.24) is 4.90 Å². The Morgan fingerprint density at radius 1 is 1.50 bits per heavy atom. The summed E-state index contributed by atoms with van der Waals surface area (Å²) in [6.07, 6.45) is -4.01. The summed E-state index contributed by atoms with van der Waals surface area (Å²) in [7, 11) is 0. The number of alkyl halides is 3. The largest absolute Gasteiger partial charge is 0.408 e. The van der Waals surface area contributed by atoms with Crippen molar-refractivity contribution in [3.8, 4) is 0 Å². The number of primary amides is 1. The molecule has 2 amide bonds. The van der Waals surface area contributed by atoms with Gasteiger partial charge in [0.25, 0.3) is 0 Å². The van der Waals surface area contributed by atoms with Crippen LogP contribution in [0.2, 0.25) is 0 Å². The number of amides is 2. The molecule has 2 N–H and O–H groups in total. The topological polar surface area (TPSA) is 46.3 Å². The molecule has 1 aliphatic heterocycles. The third-order valence-corrected chi connectivity index (χ3v) is 1.91. The van der Waals surface area contributed by atoms with E-state index in [1.807, 2.05) is 0 Å². The van der Waals surface area contributed by atoms with Crippen LogP contribution >= 0.6 is 0 Å². The highest BCUT2D eigenvalue weighted by molar-refractivity contribution is 5.72. The molecule has 1 unspecified atom stereocenters. The van der Waals surface area contributed by atoms with Crippen LogP contribution in [0.15, 0.2) is 0 Å². The number of nitrogens with two attached hydrogens (primary N) is 1. The van der Waals surface area contributed by atoms with Crippen LogP contribution in [0.1, 0.15) is 12.8 Å². The van der Waals surface area contributed by atoms with E-state index in [0.717, 1.165) is 0 Å². The number of nitrogens with zero attached hydrogens (tertiary/aromatic N) is 1. The molecule has 1 fully saturated rings. The number of carbonyl (C=O) groups excluding carboxylic acids is 1. The lowest BCUT2D eigenvalue weighted by Gasteiger charge is -2.24. The second-order valence-electron chi connectivity index (χ2n) is 2.73. The molecule has 1 rings (SSSR count). The van der Waals surface area contributed by atoms with Gasteiger partial charge in [0, 0.05) is 6.54 Å². The van der Waals surface area contributed by atoms with Crippen molar-refractivity contribution >= 4 is 6.03 Å². The Labute approximate surface area is 67.3 Å². The first-order valence-corrected chi connectivity index (χ1v) is 3.55. The maximum absolute atomic E-state index is 12.1. The van der Waals surface area contributed by atoms with Gasteiger partial charge in [0.2, 0.25) is 0 Å². The van der Waals surface area contributed by atoms with E-state index in [9.17, 15) is 18.0 Å². The summed E-state index contributed by atoms with van der Waals surface area (Å²) < 4.78 is 36.4. The summed E-state index contributed by atoms with van der Waals surface area (Å²) >= 11 is 0. The predicted octanol–water partition coefficient (Wildman–Crippen LogP) is 1.09. The van der Waals surface area contributed by atoms with Gasteiger partial charge in [-0.1, -0.05) is 0 Å². The molecule has 0 bridgehead atoms. The van der Waals surface area contributed by atoms with Crippen molar-refractivity contribution in [2.45, 2.75) is 25.1 Å². The molecule has 0 saturated carbocycles. The molecule has 0 aromatic heterocycles. The number of urea groups is 1. The average molecular weight is 182 g/mol. The Kier molecular flexibility index (Phi) is 2.16. The Balaban J connectivity index is 2.71. The van der Waals surface area contributed by atoms with Crippen molar-refractivity contribution in [3.63, 3.8) is 0 Å². The van der Waals surface area contributed by atoms with E-state index < -0.39 is 18.2 Å². The lowest BCUT2D eigenvalue weighted by Crippen LogP contribution is -2.46. The van der Waals surface area contributed by atoms with Crippen LogP contribution in [-0.4, -0.2) is 29.7 Å². The second kappa shape index (κ2) is 2.84. The molecule has 0 aromatic carbocycles. The van der Waals surface area contributed by atoms with E-state index in [-0.39, 0.29) is 13.0 Å². The van der Waals surface area contributed by atoms with Crippen molar-refractivity contribution in [3.05, 3.63) is 0 Å². The van der Waals surface area contributed by atoms with Gasteiger partial charge < -0.3 is 10.6 Å². The van der Waals surface area contributed by atoms with Gasteiger partial charge in [-0.25, -0.2) is 4.79 Å². The predicted molar refractivity (Wildman–Crippen MR) is 35.4 cm³/mol. The van der Waals surface area contributed by atoms with Crippen molar-refractivity contribution in [2.24, 2.45) is 5.73 Å². The number of hydrogen-bond donors (Lipinski definition) is 1. The number of rotatable bonds is 0. The fraction of sp³-hybridized carbons (Fsp3) is 0.833. The molecule has 1 heterocycles. The monoisotopic (exact) mass is 182 g/mol. The Bertz CT molecular complexity index is 192. The summed E-state index contributed by atoms with van der Waals surface area (Å²) in [5.41, 5.74) is 4.77. The van der Waals surface area contributed by atoms with Gasteiger partial charge in [0.05, 0.1) is 0 Å². The maximum atomic E-state index is 12.1. The first-order valence-electron chi connectivity index (χ1n) is 3.55. The van der Waals surface area contributed by atoms with Crippen LogP contribution in [0.4, 0.5) is 18.0 Å². The van der Waals surface area contributed by atoms with Gasteiger partial charge in [-0.3, -0.25) is 0 Å². The van der Waals surface area contributed by atoms with Crippen LogP contribution in [0.25, 0.3) is 0 Å². The second-order valence-corrected chi connectivity index (χ2v) is 2.73. The number of carbonyl (C=O) groups is 1. The maximum Gasteiger partial charge on any atom is 0.408 e. The molecular formula is C6H9F3N2O. The Morgan fingerprint density at radius 3 is 2.42 bits per heavy atom. The zero-order chi connectivity index (χ0) is 9.35. The first kappa shape index (κ1) is 9.15. The van der Waals surface area contributed by atoms with Crippen LogP contribution in [-0.2, 0) is 0 Å².